The van der Waals surface area contributed by atoms with Crippen LogP contribution in [-0.4, -0.2) is 6.54 Å². The van der Waals surface area contributed by atoms with Crippen molar-refractivity contribution in [2.75, 3.05) is 6.54 Å². The van der Waals surface area contributed by atoms with Crippen molar-refractivity contribution < 1.29 is 0 Å². The highest BCUT2D eigenvalue weighted by atomic mass is 14.9. The Bertz CT molecular complexity index is 416. The standard InChI is InChI=1S/C19H29N/c1-3-14-20-19(15-17-8-6-5-7-9-17)18-12-10-16(4-2)11-13-18/h8,10-13,19-20H,3-7,9,14-15H2,1-2H3. The van der Waals surface area contributed by atoms with E-state index in [1.165, 1.54) is 49.7 Å². The lowest BCUT2D eigenvalue weighted by atomic mass is 9.91. The third kappa shape index (κ3) is 4.49. The minimum atomic E-state index is 0.491. The van der Waals surface area contributed by atoms with E-state index in [0.717, 1.165) is 13.0 Å². The first-order valence-electron chi connectivity index (χ1n) is 8.33. The summed E-state index contributed by atoms with van der Waals surface area (Å²) in [4.78, 5) is 0. The van der Waals surface area contributed by atoms with Crippen molar-refractivity contribution in [2.24, 2.45) is 0 Å². The average Bonchev–Trinajstić information content (AvgIpc) is 2.52. The van der Waals surface area contributed by atoms with Crippen LogP contribution in [0.1, 0.15) is 69.5 Å². The molecule has 1 aromatic carbocycles. The van der Waals surface area contributed by atoms with Crippen molar-refractivity contribution in [2.45, 2.75) is 64.8 Å². The summed E-state index contributed by atoms with van der Waals surface area (Å²) in [6.45, 7) is 5.56. The zero-order valence-corrected chi connectivity index (χ0v) is 13.1. The molecule has 0 spiro atoms. The number of hydrogen-bond donors (Lipinski definition) is 1. The topological polar surface area (TPSA) is 12.0 Å². The largest absolute Gasteiger partial charge is 0.310 e. The van der Waals surface area contributed by atoms with Gasteiger partial charge in [0.05, 0.1) is 0 Å². The second-order valence-electron chi connectivity index (χ2n) is 5.91. The van der Waals surface area contributed by atoms with Crippen LogP contribution in [0.4, 0.5) is 0 Å². The second kappa shape index (κ2) is 8.26. The molecular weight excluding hydrogens is 242 g/mol. The smallest absolute Gasteiger partial charge is 0.0357 e. The van der Waals surface area contributed by atoms with Crippen LogP contribution >= 0.6 is 0 Å². The van der Waals surface area contributed by atoms with Crippen LogP contribution in [0.2, 0.25) is 0 Å². The predicted octanol–water partition coefficient (Wildman–Crippen LogP) is 5.18. The van der Waals surface area contributed by atoms with Crippen LogP contribution in [0.5, 0.6) is 0 Å². The maximum Gasteiger partial charge on any atom is 0.0357 e. The van der Waals surface area contributed by atoms with E-state index in [4.69, 9.17) is 0 Å². The van der Waals surface area contributed by atoms with Gasteiger partial charge in [-0.3, -0.25) is 0 Å². The van der Waals surface area contributed by atoms with Gasteiger partial charge in [0.1, 0.15) is 0 Å². The normalized spacial score (nSPS) is 16.8. The number of rotatable bonds is 7. The molecule has 0 radical (unpaired) electrons. The van der Waals surface area contributed by atoms with Gasteiger partial charge in [-0.2, -0.15) is 0 Å². The second-order valence-corrected chi connectivity index (χ2v) is 5.91. The van der Waals surface area contributed by atoms with Crippen molar-refractivity contribution in [1.82, 2.24) is 5.32 Å². The van der Waals surface area contributed by atoms with E-state index < -0.39 is 0 Å². The monoisotopic (exact) mass is 271 g/mol. The Morgan fingerprint density at radius 2 is 1.90 bits per heavy atom. The first-order chi connectivity index (χ1) is 9.83. The predicted molar refractivity (Wildman–Crippen MR) is 88.0 cm³/mol. The van der Waals surface area contributed by atoms with E-state index in [2.05, 4.69) is 49.5 Å². The van der Waals surface area contributed by atoms with Gasteiger partial charge in [-0.25, -0.2) is 0 Å². The molecule has 0 heterocycles. The van der Waals surface area contributed by atoms with Crippen LogP contribution in [0.3, 0.4) is 0 Å². The lowest BCUT2D eigenvalue weighted by Crippen LogP contribution is -2.23. The Balaban J connectivity index is 2.06. The van der Waals surface area contributed by atoms with E-state index in [0.29, 0.717) is 6.04 Å². The van der Waals surface area contributed by atoms with Gasteiger partial charge in [-0.1, -0.05) is 49.8 Å². The molecule has 0 fully saturated rings. The minimum absolute atomic E-state index is 0.491. The summed E-state index contributed by atoms with van der Waals surface area (Å²) in [7, 11) is 0. The molecule has 1 heteroatoms. The van der Waals surface area contributed by atoms with Crippen molar-refractivity contribution in [1.29, 1.82) is 0 Å². The third-order valence-corrected chi connectivity index (χ3v) is 4.28. The van der Waals surface area contributed by atoms with Crippen molar-refractivity contribution in [3.05, 3.63) is 47.0 Å². The molecule has 1 nitrogen and oxygen atoms in total. The third-order valence-electron chi connectivity index (χ3n) is 4.28. The van der Waals surface area contributed by atoms with Crippen LogP contribution in [0.25, 0.3) is 0 Å². The maximum atomic E-state index is 3.73. The molecule has 1 aliphatic rings. The van der Waals surface area contributed by atoms with E-state index >= 15 is 0 Å². The summed E-state index contributed by atoms with van der Waals surface area (Å²) in [5, 5.41) is 3.73. The molecule has 110 valence electrons. The van der Waals surface area contributed by atoms with Gasteiger partial charge in [0.2, 0.25) is 0 Å². The summed E-state index contributed by atoms with van der Waals surface area (Å²) < 4.78 is 0. The molecule has 0 saturated carbocycles. The zero-order valence-electron chi connectivity index (χ0n) is 13.1. The molecule has 1 unspecified atom stereocenters. The molecule has 0 aromatic heterocycles. The Kier molecular flexibility index (Phi) is 6.32. The first-order valence-corrected chi connectivity index (χ1v) is 8.33. The van der Waals surface area contributed by atoms with Crippen molar-refractivity contribution in [3.63, 3.8) is 0 Å². The van der Waals surface area contributed by atoms with Gasteiger partial charge in [0.25, 0.3) is 0 Å². The molecule has 0 amide bonds. The number of aryl methyl sites for hydroxylation is 1. The first kappa shape index (κ1) is 15.3. The van der Waals surface area contributed by atoms with E-state index in [1.54, 1.807) is 5.57 Å². The number of allylic oxidation sites excluding steroid dienone is 1. The molecule has 2 rings (SSSR count). The zero-order chi connectivity index (χ0) is 14.2. The molecule has 1 aliphatic carbocycles. The van der Waals surface area contributed by atoms with Crippen molar-refractivity contribution >= 4 is 0 Å². The maximum absolute atomic E-state index is 3.73. The fourth-order valence-corrected chi connectivity index (χ4v) is 2.96. The molecule has 0 aliphatic heterocycles. The van der Waals surface area contributed by atoms with Gasteiger partial charge >= 0.3 is 0 Å². The van der Waals surface area contributed by atoms with E-state index in [1.807, 2.05) is 0 Å². The van der Waals surface area contributed by atoms with Gasteiger partial charge in [0, 0.05) is 6.04 Å². The molecule has 0 saturated heterocycles. The summed E-state index contributed by atoms with van der Waals surface area (Å²) in [5.74, 6) is 0. The Hall–Kier alpha value is -1.08. The summed E-state index contributed by atoms with van der Waals surface area (Å²) in [6, 6.07) is 9.69. The summed E-state index contributed by atoms with van der Waals surface area (Å²) in [5.41, 5.74) is 4.53. The van der Waals surface area contributed by atoms with Crippen LogP contribution in [0, 0.1) is 0 Å². The number of hydrogen-bond acceptors (Lipinski definition) is 1. The molecule has 0 bridgehead atoms. The van der Waals surface area contributed by atoms with Gasteiger partial charge in [0.15, 0.2) is 0 Å². The highest BCUT2D eigenvalue weighted by Crippen LogP contribution is 2.28. The Morgan fingerprint density at radius 3 is 2.50 bits per heavy atom. The van der Waals surface area contributed by atoms with Crippen molar-refractivity contribution in [3.8, 4) is 0 Å². The molecule has 1 N–H and O–H groups in total. The van der Waals surface area contributed by atoms with Gasteiger partial charge < -0.3 is 5.32 Å². The van der Waals surface area contributed by atoms with E-state index in [9.17, 15) is 0 Å². The average molecular weight is 271 g/mol. The van der Waals surface area contributed by atoms with Crippen LogP contribution in [0.15, 0.2) is 35.9 Å². The minimum Gasteiger partial charge on any atom is -0.310 e. The quantitative estimate of drug-likeness (QED) is 0.674. The number of nitrogens with one attached hydrogen (secondary N) is 1. The molecular formula is C19H29N. The molecule has 1 aromatic rings. The number of benzene rings is 1. The summed E-state index contributed by atoms with van der Waals surface area (Å²) >= 11 is 0. The fraction of sp³-hybridized carbons (Fsp3) is 0.579. The molecule has 20 heavy (non-hydrogen) atoms. The highest BCUT2D eigenvalue weighted by molar-refractivity contribution is 5.26. The van der Waals surface area contributed by atoms with Crippen LogP contribution < -0.4 is 5.32 Å². The van der Waals surface area contributed by atoms with E-state index in [-0.39, 0.29) is 0 Å². The Labute approximate surface area is 124 Å². The van der Waals surface area contributed by atoms with Gasteiger partial charge in [-0.05, 0) is 62.6 Å². The Morgan fingerprint density at radius 1 is 1.10 bits per heavy atom. The van der Waals surface area contributed by atoms with Crippen LogP contribution in [-0.2, 0) is 6.42 Å². The van der Waals surface area contributed by atoms with Gasteiger partial charge in [-0.15, -0.1) is 0 Å². The lowest BCUT2D eigenvalue weighted by Gasteiger charge is -2.22. The highest BCUT2D eigenvalue weighted by Gasteiger charge is 2.14. The summed E-state index contributed by atoms with van der Waals surface area (Å²) in [6.07, 6.45) is 11.3. The molecule has 1 atom stereocenters. The SMILES string of the molecule is CCCNC(CC1=CCCCC1)c1ccc(CC)cc1. The fourth-order valence-electron chi connectivity index (χ4n) is 2.96. The lowest BCUT2D eigenvalue weighted by molar-refractivity contribution is 0.511.